The SMILES string of the molecule is S[C@@H]1CCCNC1. The number of piperidine rings is 1. The fraction of sp³-hybridized carbons (Fsp3) is 1.00. The monoisotopic (exact) mass is 117 g/mol. The van der Waals surface area contributed by atoms with Crippen LogP contribution in [0.2, 0.25) is 0 Å². The van der Waals surface area contributed by atoms with E-state index in [1.54, 1.807) is 0 Å². The second-order valence-corrected chi connectivity index (χ2v) is 2.73. The maximum atomic E-state index is 4.30. The molecule has 1 aliphatic rings. The van der Waals surface area contributed by atoms with Crippen LogP contribution < -0.4 is 5.32 Å². The third-order valence-electron chi connectivity index (χ3n) is 1.27. The predicted octanol–water partition coefficient (Wildman–Crippen LogP) is 0.668. The highest BCUT2D eigenvalue weighted by molar-refractivity contribution is 7.81. The van der Waals surface area contributed by atoms with Crippen molar-refractivity contribution in [2.45, 2.75) is 18.1 Å². The molecule has 0 amide bonds. The van der Waals surface area contributed by atoms with Gasteiger partial charge in [0.05, 0.1) is 0 Å². The maximum absolute atomic E-state index is 4.30. The van der Waals surface area contributed by atoms with Gasteiger partial charge in [0, 0.05) is 11.8 Å². The van der Waals surface area contributed by atoms with Crippen molar-refractivity contribution in [3.63, 3.8) is 0 Å². The van der Waals surface area contributed by atoms with E-state index in [-0.39, 0.29) is 0 Å². The maximum Gasteiger partial charge on any atom is 0.0142 e. The summed E-state index contributed by atoms with van der Waals surface area (Å²) in [4.78, 5) is 0. The average Bonchev–Trinajstić information content (AvgIpc) is 1.69. The lowest BCUT2D eigenvalue weighted by Crippen LogP contribution is -2.29. The van der Waals surface area contributed by atoms with Crippen molar-refractivity contribution in [2.24, 2.45) is 0 Å². The first kappa shape index (κ1) is 5.45. The Balaban J connectivity index is 2.12. The van der Waals surface area contributed by atoms with E-state index in [1.807, 2.05) is 0 Å². The van der Waals surface area contributed by atoms with Crippen molar-refractivity contribution >= 4 is 12.6 Å². The van der Waals surface area contributed by atoms with Gasteiger partial charge in [-0.1, -0.05) is 0 Å². The van der Waals surface area contributed by atoms with E-state index in [0.717, 1.165) is 6.54 Å². The van der Waals surface area contributed by atoms with Gasteiger partial charge in [0.1, 0.15) is 0 Å². The van der Waals surface area contributed by atoms with Crippen LogP contribution in [0.5, 0.6) is 0 Å². The second kappa shape index (κ2) is 2.58. The lowest BCUT2D eigenvalue weighted by molar-refractivity contribution is 0.533. The molecule has 1 heterocycles. The summed E-state index contributed by atoms with van der Waals surface area (Å²) in [5, 5.41) is 3.88. The first-order valence-electron chi connectivity index (χ1n) is 2.78. The van der Waals surface area contributed by atoms with E-state index >= 15 is 0 Å². The van der Waals surface area contributed by atoms with Crippen molar-refractivity contribution in [1.29, 1.82) is 0 Å². The highest BCUT2D eigenvalue weighted by atomic mass is 32.1. The molecule has 2 heteroatoms. The van der Waals surface area contributed by atoms with Gasteiger partial charge < -0.3 is 5.32 Å². The molecule has 0 aromatic heterocycles. The molecular formula is C5H11NS. The van der Waals surface area contributed by atoms with Gasteiger partial charge in [-0.3, -0.25) is 0 Å². The van der Waals surface area contributed by atoms with Gasteiger partial charge in [0.2, 0.25) is 0 Å². The number of nitrogens with one attached hydrogen (secondary N) is 1. The minimum absolute atomic E-state index is 0.619. The molecule has 0 saturated carbocycles. The Labute approximate surface area is 49.9 Å². The summed E-state index contributed by atoms with van der Waals surface area (Å²) in [6.45, 7) is 2.29. The molecule has 1 rings (SSSR count). The quantitative estimate of drug-likeness (QED) is 0.444. The molecule has 0 radical (unpaired) electrons. The molecule has 42 valence electrons. The fourth-order valence-corrected chi connectivity index (χ4v) is 1.15. The van der Waals surface area contributed by atoms with Crippen LogP contribution in [-0.2, 0) is 0 Å². The average molecular weight is 117 g/mol. The molecule has 0 aromatic carbocycles. The van der Waals surface area contributed by atoms with Gasteiger partial charge in [-0.2, -0.15) is 12.6 Å². The van der Waals surface area contributed by atoms with Crippen LogP contribution in [0.25, 0.3) is 0 Å². The summed E-state index contributed by atoms with van der Waals surface area (Å²) in [5.74, 6) is 0. The van der Waals surface area contributed by atoms with Crippen molar-refractivity contribution in [2.75, 3.05) is 13.1 Å². The van der Waals surface area contributed by atoms with Crippen molar-refractivity contribution in [1.82, 2.24) is 5.32 Å². The van der Waals surface area contributed by atoms with E-state index < -0.39 is 0 Å². The number of hydrogen-bond acceptors (Lipinski definition) is 2. The molecule has 1 saturated heterocycles. The smallest absolute Gasteiger partial charge is 0.0142 e. The largest absolute Gasteiger partial charge is 0.316 e. The fourth-order valence-electron chi connectivity index (χ4n) is 0.833. The van der Waals surface area contributed by atoms with Gasteiger partial charge in [0.25, 0.3) is 0 Å². The van der Waals surface area contributed by atoms with Crippen LogP contribution in [-0.4, -0.2) is 18.3 Å². The zero-order valence-corrected chi connectivity index (χ0v) is 5.25. The van der Waals surface area contributed by atoms with E-state index in [0.29, 0.717) is 5.25 Å². The Morgan fingerprint density at radius 1 is 1.57 bits per heavy atom. The molecule has 7 heavy (non-hydrogen) atoms. The zero-order valence-electron chi connectivity index (χ0n) is 4.35. The Morgan fingerprint density at radius 3 is 2.71 bits per heavy atom. The van der Waals surface area contributed by atoms with Crippen molar-refractivity contribution in [3.05, 3.63) is 0 Å². The topological polar surface area (TPSA) is 12.0 Å². The van der Waals surface area contributed by atoms with Crippen molar-refractivity contribution in [3.8, 4) is 0 Å². The summed E-state index contributed by atoms with van der Waals surface area (Å²) >= 11 is 4.30. The summed E-state index contributed by atoms with van der Waals surface area (Å²) in [5.41, 5.74) is 0. The number of rotatable bonds is 0. The molecule has 1 atom stereocenters. The van der Waals surface area contributed by atoms with E-state index in [2.05, 4.69) is 17.9 Å². The summed E-state index contributed by atoms with van der Waals surface area (Å²) in [7, 11) is 0. The Hall–Kier alpha value is 0.310. The van der Waals surface area contributed by atoms with E-state index in [1.165, 1.54) is 19.4 Å². The number of thiol groups is 1. The second-order valence-electron chi connectivity index (χ2n) is 2.00. The molecule has 1 fully saturated rings. The van der Waals surface area contributed by atoms with Crippen molar-refractivity contribution < 1.29 is 0 Å². The van der Waals surface area contributed by atoms with E-state index in [9.17, 15) is 0 Å². The molecule has 0 bridgehead atoms. The van der Waals surface area contributed by atoms with Gasteiger partial charge in [-0.05, 0) is 19.4 Å². The van der Waals surface area contributed by atoms with Crippen LogP contribution in [0.1, 0.15) is 12.8 Å². The third-order valence-corrected chi connectivity index (χ3v) is 1.71. The first-order chi connectivity index (χ1) is 3.39. The highest BCUT2D eigenvalue weighted by Crippen LogP contribution is 2.06. The van der Waals surface area contributed by atoms with Crippen LogP contribution >= 0.6 is 12.6 Å². The standard InChI is InChI=1S/C5H11NS/c7-5-2-1-3-6-4-5/h5-7H,1-4H2/t5-/m1/s1. The minimum atomic E-state index is 0.619. The van der Waals surface area contributed by atoms with Gasteiger partial charge in [-0.15, -0.1) is 0 Å². The predicted molar refractivity (Wildman–Crippen MR) is 34.9 cm³/mol. The minimum Gasteiger partial charge on any atom is -0.316 e. The molecular weight excluding hydrogens is 106 g/mol. The third kappa shape index (κ3) is 1.70. The Kier molecular flexibility index (Phi) is 2.00. The van der Waals surface area contributed by atoms with Gasteiger partial charge in [-0.25, -0.2) is 0 Å². The van der Waals surface area contributed by atoms with E-state index in [4.69, 9.17) is 0 Å². The zero-order chi connectivity index (χ0) is 5.11. The van der Waals surface area contributed by atoms with Crippen LogP contribution in [0, 0.1) is 0 Å². The summed E-state index contributed by atoms with van der Waals surface area (Å²) in [6.07, 6.45) is 2.59. The van der Waals surface area contributed by atoms with Gasteiger partial charge >= 0.3 is 0 Å². The van der Waals surface area contributed by atoms with Crippen LogP contribution in [0.15, 0.2) is 0 Å². The lowest BCUT2D eigenvalue weighted by Gasteiger charge is -2.16. The normalized spacial score (nSPS) is 33.0. The van der Waals surface area contributed by atoms with Crippen LogP contribution in [0.4, 0.5) is 0 Å². The molecule has 0 spiro atoms. The lowest BCUT2D eigenvalue weighted by atomic mass is 10.2. The first-order valence-corrected chi connectivity index (χ1v) is 3.30. The molecule has 1 nitrogen and oxygen atoms in total. The van der Waals surface area contributed by atoms with Crippen LogP contribution in [0.3, 0.4) is 0 Å². The Bertz CT molecular complexity index is 50.0. The molecule has 0 aromatic rings. The summed E-state index contributed by atoms with van der Waals surface area (Å²) in [6, 6.07) is 0. The number of hydrogen-bond donors (Lipinski definition) is 2. The molecule has 0 aliphatic carbocycles. The Morgan fingerprint density at radius 2 is 2.43 bits per heavy atom. The molecule has 1 N–H and O–H groups in total. The molecule has 0 unspecified atom stereocenters. The van der Waals surface area contributed by atoms with Gasteiger partial charge in [0.15, 0.2) is 0 Å². The summed E-state index contributed by atoms with van der Waals surface area (Å²) < 4.78 is 0. The molecule has 1 aliphatic heterocycles. The highest BCUT2D eigenvalue weighted by Gasteiger charge is 2.05.